The number of aryl methyl sites for hydroxylation is 1. The number of nitrogens with zero attached hydrogens (tertiary/aromatic N) is 3. The summed E-state index contributed by atoms with van der Waals surface area (Å²) in [6.45, 7) is 3.09. The van der Waals surface area contributed by atoms with E-state index in [1.165, 1.54) is 11.3 Å². The van der Waals surface area contributed by atoms with E-state index in [1.807, 2.05) is 54.3 Å². The van der Waals surface area contributed by atoms with Gasteiger partial charge in [0.05, 0.1) is 12.1 Å². The zero-order valence-corrected chi connectivity index (χ0v) is 19.4. The number of pyridine rings is 1. The van der Waals surface area contributed by atoms with E-state index < -0.39 is 0 Å². The minimum Gasteiger partial charge on any atom is -0.337 e. The number of hydrogen-bond donors (Lipinski definition) is 1. The second kappa shape index (κ2) is 10.4. The second-order valence-corrected chi connectivity index (χ2v) is 9.42. The van der Waals surface area contributed by atoms with Crippen molar-refractivity contribution in [2.75, 3.05) is 11.9 Å². The molecule has 6 nitrogen and oxygen atoms in total. The molecule has 0 fully saturated rings. The lowest BCUT2D eigenvalue weighted by molar-refractivity contribution is -0.132. The van der Waals surface area contributed by atoms with Gasteiger partial charge in [-0.15, -0.1) is 11.3 Å². The summed E-state index contributed by atoms with van der Waals surface area (Å²) in [5, 5.41) is 13.3. The van der Waals surface area contributed by atoms with E-state index in [-0.39, 0.29) is 17.7 Å². The first-order valence-corrected chi connectivity index (χ1v) is 11.9. The van der Waals surface area contributed by atoms with Crippen molar-refractivity contribution in [3.05, 3.63) is 82.0 Å². The quantitative estimate of drug-likeness (QED) is 0.558. The summed E-state index contributed by atoms with van der Waals surface area (Å²) >= 11 is 1.42. The highest BCUT2D eigenvalue weighted by Crippen LogP contribution is 2.37. The van der Waals surface area contributed by atoms with E-state index >= 15 is 0 Å². The number of hydrogen-bond acceptors (Lipinski definition) is 5. The first-order valence-electron chi connectivity index (χ1n) is 11.1. The van der Waals surface area contributed by atoms with Gasteiger partial charge in [-0.1, -0.05) is 43.3 Å². The molecule has 1 N–H and O–H groups in total. The third-order valence-corrected chi connectivity index (χ3v) is 7.12. The Labute approximate surface area is 197 Å². The van der Waals surface area contributed by atoms with Crippen LogP contribution in [0.4, 0.5) is 5.00 Å². The highest BCUT2D eigenvalue weighted by molar-refractivity contribution is 7.16. The Balaban J connectivity index is 1.39. The number of benzene rings is 1. The van der Waals surface area contributed by atoms with Gasteiger partial charge in [-0.3, -0.25) is 14.6 Å². The SMILES string of the molecule is C[C@H](CC(=O)Nc1sc2c(c1C#N)CCN(C(=O)CCc1cccnc1)C2)c1ccccc1. The van der Waals surface area contributed by atoms with Gasteiger partial charge in [-0.05, 0) is 41.5 Å². The second-order valence-electron chi connectivity index (χ2n) is 8.31. The molecule has 0 unspecified atom stereocenters. The molecule has 2 aromatic heterocycles. The lowest BCUT2D eigenvalue weighted by Gasteiger charge is -2.27. The Morgan fingerprint density at radius 2 is 2.06 bits per heavy atom. The van der Waals surface area contributed by atoms with E-state index in [2.05, 4.69) is 16.4 Å². The number of carbonyl (C=O) groups is 2. The van der Waals surface area contributed by atoms with Gasteiger partial charge in [-0.25, -0.2) is 0 Å². The zero-order valence-electron chi connectivity index (χ0n) is 18.6. The predicted molar refractivity (Wildman–Crippen MR) is 129 cm³/mol. The van der Waals surface area contributed by atoms with E-state index in [0.29, 0.717) is 49.3 Å². The number of nitrogens with one attached hydrogen (secondary N) is 1. The molecule has 0 bridgehead atoms. The van der Waals surface area contributed by atoms with Gasteiger partial charge in [0.25, 0.3) is 0 Å². The molecule has 0 saturated heterocycles. The number of thiophene rings is 1. The van der Waals surface area contributed by atoms with Crippen LogP contribution in [0.1, 0.15) is 52.8 Å². The van der Waals surface area contributed by atoms with Crippen molar-refractivity contribution in [1.29, 1.82) is 5.26 Å². The van der Waals surface area contributed by atoms with E-state index in [9.17, 15) is 14.9 Å². The summed E-state index contributed by atoms with van der Waals surface area (Å²) in [7, 11) is 0. The van der Waals surface area contributed by atoms with Crippen LogP contribution in [0, 0.1) is 11.3 Å². The predicted octanol–water partition coefficient (Wildman–Crippen LogP) is 4.66. The molecule has 4 rings (SSSR count). The van der Waals surface area contributed by atoms with Gasteiger partial charge in [0.2, 0.25) is 11.8 Å². The Hall–Kier alpha value is -3.50. The fourth-order valence-electron chi connectivity index (χ4n) is 4.13. The highest BCUT2D eigenvalue weighted by Gasteiger charge is 2.27. The van der Waals surface area contributed by atoms with Crippen LogP contribution in [0.5, 0.6) is 0 Å². The molecule has 3 aromatic rings. The van der Waals surface area contributed by atoms with Crippen molar-refractivity contribution in [3.8, 4) is 6.07 Å². The van der Waals surface area contributed by atoms with Gasteiger partial charge < -0.3 is 10.2 Å². The maximum atomic E-state index is 12.8. The largest absolute Gasteiger partial charge is 0.337 e. The Morgan fingerprint density at radius 1 is 1.24 bits per heavy atom. The van der Waals surface area contributed by atoms with Crippen molar-refractivity contribution in [3.63, 3.8) is 0 Å². The van der Waals surface area contributed by atoms with Crippen molar-refractivity contribution in [2.24, 2.45) is 0 Å². The summed E-state index contributed by atoms with van der Waals surface area (Å²) in [4.78, 5) is 32.4. The number of carbonyl (C=O) groups excluding carboxylic acids is 2. The summed E-state index contributed by atoms with van der Waals surface area (Å²) < 4.78 is 0. The molecule has 1 aliphatic rings. The van der Waals surface area contributed by atoms with Gasteiger partial charge >= 0.3 is 0 Å². The van der Waals surface area contributed by atoms with Crippen molar-refractivity contribution in [2.45, 2.75) is 45.1 Å². The van der Waals surface area contributed by atoms with E-state index in [1.54, 1.807) is 12.4 Å². The zero-order chi connectivity index (χ0) is 23.2. The third kappa shape index (κ3) is 5.47. The van der Waals surface area contributed by atoms with Crippen LogP contribution in [0.15, 0.2) is 54.9 Å². The minimum absolute atomic E-state index is 0.0826. The summed E-state index contributed by atoms with van der Waals surface area (Å²) in [5.74, 6) is 0.0729. The monoisotopic (exact) mass is 458 g/mol. The number of fused-ring (bicyclic) bond motifs is 1. The number of anilines is 1. The van der Waals surface area contributed by atoms with Crippen LogP contribution in [-0.4, -0.2) is 28.2 Å². The Kier molecular flexibility index (Phi) is 7.16. The topological polar surface area (TPSA) is 86.1 Å². The highest BCUT2D eigenvalue weighted by atomic mass is 32.1. The molecule has 0 spiro atoms. The molecule has 2 amide bonds. The average Bonchev–Trinajstić information content (AvgIpc) is 3.19. The molecule has 168 valence electrons. The number of amides is 2. The molecule has 1 aliphatic heterocycles. The lowest BCUT2D eigenvalue weighted by Crippen LogP contribution is -2.35. The van der Waals surface area contributed by atoms with Crippen LogP contribution in [0.2, 0.25) is 0 Å². The number of aromatic nitrogens is 1. The summed E-state index contributed by atoms with van der Waals surface area (Å²) in [5.41, 5.74) is 3.66. The molecule has 7 heteroatoms. The minimum atomic E-state index is -0.106. The van der Waals surface area contributed by atoms with Crippen molar-refractivity contribution in [1.82, 2.24) is 9.88 Å². The van der Waals surface area contributed by atoms with E-state index in [4.69, 9.17) is 0 Å². The number of nitriles is 1. The van der Waals surface area contributed by atoms with Crippen LogP contribution in [0.25, 0.3) is 0 Å². The molecule has 0 saturated carbocycles. The molecule has 0 aliphatic carbocycles. The van der Waals surface area contributed by atoms with Crippen LogP contribution >= 0.6 is 11.3 Å². The molecular formula is C26H26N4O2S. The van der Waals surface area contributed by atoms with Gasteiger partial charge in [0, 0.05) is 36.7 Å². The van der Waals surface area contributed by atoms with Gasteiger partial charge in [0.1, 0.15) is 11.1 Å². The smallest absolute Gasteiger partial charge is 0.225 e. The fraction of sp³-hybridized carbons (Fsp3) is 0.308. The van der Waals surface area contributed by atoms with E-state index in [0.717, 1.165) is 21.6 Å². The molecule has 1 atom stereocenters. The normalized spacial score (nSPS) is 13.6. The third-order valence-electron chi connectivity index (χ3n) is 5.98. The summed E-state index contributed by atoms with van der Waals surface area (Å²) in [6.07, 6.45) is 5.57. The average molecular weight is 459 g/mol. The van der Waals surface area contributed by atoms with Crippen molar-refractivity contribution >= 4 is 28.2 Å². The van der Waals surface area contributed by atoms with Gasteiger partial charge in [-0.2, -0.15) is 5.26 Å². The Morgan fingerprint density at radius 3 is 2.79 bits per heavy atom. The molecule has 33 heavy (non-hydrogen) atoms. The maximum Gasteiger partial charge on any atom is 0.225 e. The molecule has 0 radical (unpaired) electrons. The lowest BCUT2D eigenvalue weighted by atomic mass is 9.97. The Bertz CT molecular complexity index is 1170. The molecule has 1 aromatic carbocycles. The first kappa shape index (κ1) is 22.7. The van der Waals surface area contributed by atoms with Crippen LogP contribution in [0.3, 0.4) is 0 Å². The maximum absolute atomic E-state index is 12.8. The molecular weight excluding hydrogens is 432 g/mol. The van der Waals surface area contributed by atoms with Crippen LogP contribution < -0.4 is 5.32 Å². The van der Waals surface area contributed by atoms with Gasteiger partial charge in [0.15, 0.2) is 0 Å². The summed E-state index contributed by atoms with van der Waals surface area (Å²) in [6, 6.07) is 16.0. The number of rotatable bonds is 7. The standard InChI is InChI=1S/C26H26N4O2S/c1-18(20-7-3-2-4-8-20)14-24(31)29-26-22(15-27)21-11-13-30(17-23(21)33-26)25(32)10-9-19-6-5-12-28-16-19/h2-8,12,16,18H,9-11,13-14,17H2,1H3,(H,29,31)/t18-/m1/s1. The van der Waals surface area contributed by atoms with Crippen LogP contribution in [-0.2, 0) is 29.0 Å². The van der Waals surface area contributed by atoms with Crippen molar-refractivity contribution < 1.29 is 9.59 Å². The molecule has 3 heterocycles. The first-order chi connectivity index (χ1) is 16.0. The fourth-order valence-corrected chi connectivity index (χ4v) is 5.36.